The lowest BCUT2D eigenvalue weighted by Crippen LogP contribution is -2.10. The SMILES string of the molecule is CC(C)(C)c1cnc2oc3ncccc3c2c1. The predicted molar refractivity (Wildman–Crippen MR) is 68.0 cm³/mol. The van der Waals surface area contributed by atoms with Crippen LogP contribution in [-0.2, 0) is 5.41 Å². The van der Waals surface area contributed by atoms with Gasteiger partial charge in [0.1, 0.15) is 0 Å². The third-order valence-corrected chi connectivity index (χ3v) is 2.97. The van der Waals surface area contributed by atoms with Crippen molar-refractivity contribution >= 4 is 22.2 Å². The van der Waals surface area contributed by atoms with Gasteiger partial charge in [0.05, 0.1) is 5.39 Å². The first-order valence-corrected chi connectivity index (χ1v) is 5.69. The first kappa shape index (κ1) is 10.3. The maximum Gasteiger partial charge on any atom is 0.229 e. The molecule has 3 nitrogen and oxygen atoms in total. The van der Waals surface area contributed by atoms with E-state index in [0.29, 0.717) is 11.4 Å². The van der Waals surface area contributed by atoms with Gasteiger partial charge in [-0.2, -0.15) is 0 Å². The summed E-state index contributed by atoms with van der Waals surface area (Å²) in [7, 11) is 0. The second-order valence-electron chi connectivity index (χ2n) is 5.28. The Morgan fingerprint density at radius 2 is 1.82 bits per heavy atom. The zero-order valence-corrected chi connectivity index (χ0v) is 10.2. The van der Waals surface area contributed by atoms with E-state index in [0.717, 1.165) is 10.8 Å². The van der Waals surface area contributed by atoms with Crippen molar-refractivity contribution < 1.29 is 4.42 Å². The summed E-state index contributed by atoms with van der Waals surface area (Å²) >= 11 is 0. The molecule has 3 heterocycles. The molecule has 0 aliphatic rings. The van der Waals surface area contributed by atoms with E-state index in [-0.39, 0.29) is 5.41 Å². The third kappa shape index (κ3) is 1.58. The second-order valence-corrected chi connectivity index (χ2v) is 5.28. The molecule has 3 heteroatoms. The van der Waals surface area contributed by atoms with E-state index >= 15 is 0 Å². The maximum atomic E-state index is 5.60. The summed E-state index contributed by atoms with van der Waals surface area (Å²) in [5.41, 5.74) is 2.61. The van der Waals surface area contributed by atoms with Gasteiger partial charge in [-0.3, -0.25) is 0 Å². The number of rotatable bonds is 0. The van der Waals surface area contributed by atoms with Crippen LogP contribution in [0, 0.1) is 0 Å². The van der Waals surface area contributed by atoms with E-state index in [1.54, 1.807) is 6.20 Å². The Bertz CT molecular complexity index is 692. The van der Waals surface area contributed by atoms with E-state index in [1.807, 2.05) is 18.3 Å². The molecule has 17 heavy (non-hydrogen) atoms. The molecule has 0 spiro atoms. The molecule has 0 bridgehead atoms. The minimum Gasteiger partial charge on any atom is -0.419 e. The Labute approximate surface area is 99.5 Å². The number of pyridine rings is 2. The molecule has 0 radical (unpaired) electrons. The van der Waals surface area contributed by atoms with Crippen molar-refractivity contribution in [3.63, 3.8) is 0 Å². The van der Waals surface area contributed by atoms with Gasteiger partial charge in [-0.05, 0) is 29.2 Å². The summed E-state index contributed by atoms with van der Waals surface area (Å²) in [5.74, 6) is 0. The number of nitrogens with zero attached hydrogens (tertiary/aromatic N) is 2. The van der Waals surface area contributed by atoms with Crippen molar-refractivity contribution in [1.29, 1.82) is 0 Å². The van der Waals surface area contributed by atoms with Gasteiger partial charge in [-0.15, -0.1) is 0 Å². The first-order valence-electron chi connectivity index (χ1n) is 5.69. The number of furan rings is 1. The molecule has 0 unspecified atom stereocenters. The van der Waals surface area contributed by atoms with Gasteiger partial charge in [0.2, 0.25) is 11.4 Å². The van der Waals surface area contributed by atoms with Crippen LogP contribution in [0.5, 0.6) is 0 Å². The Kier molecular flexibility index (Phi) is 1.99. The van der Waals surface area contributed by atoms with Crippen LogP contribution >= 0.6 is 0 Å². The van der Waals surface area contributed by atoms with Crippen molar-refractivity contribution in [3.05, 3.63) is 36.2 Å². The normalized spacial score (nSPS) is 12.4. The fourth-order valence-corrected chi connectivity index (χ4v) is 1.91. The van der Waals surface area contributed by atoms with Crippen LogP contribution in [0.1, 0.15) is 26.3 Å². The summed E-state index contributed by atoms with van der Waals surface area (Å²) in [6.45, 7) is 6.53. The zero-order valence-electron chi connectivity index (χ0n) is 10.2. The Morgan fingerprint density at radius 3 is 2.59 bits per heavy atom. The largest absolute Gasteiger partial charge is 0.419 e. The van der Waals surface area contributed by atoms with Crippen LogP contribution in [0.25, 0.3) is 22.2 Å². The maximum absolute atomic E-state index is 5.60. The highest BCUT2D eigenvalue weighted by Crippen LogP contribution is 2.30. The monoisotopic (exact) mass is 226 g/mol. The van der Waals surface area contributed by atoms with E-state index in [2.05, 4.69) is 36.8 Å². The van der Waals surface area contributed by atoms with Crippen LogP contribution in [0.2, 0.25) is 0 Å². The summed E-state index contributed by atoms with van der Waals surface area (Å²) in [5, 5.41) is 2.07. The van der Waals surface area contributed by atoms with Crippen molar-refractivity contribution in [3.8, 4) is 0 Å². The Hall–Kier alpha value is -1.90. The van der Waals surface area contributed by atoms with Crippen LogP contribution in [0.4, 0.5) is 0 Å². The number of fused-ring (bicyclic) bond motifs is 3. The van der Waals surface area contributed by atoms with E-state index in [4.69, 9.17) is 4.42 Å². The molecule has 0 saturated carbocycles. The highest BCUT2D eigenvalue weighted by atomic mass is 16.3. The average molecular weight is 226 g/mol. The minimum atomic E-state index is 0.0903. The lowest BCUT2D eigenvalue weighted by Gasteiger charge is -2.17. The summed E-state index contributed by atoms with van der Waals surface area (Å²) < 4.78 is 5.60. The number of aromatic nitrogens is 2. The van der Waals surface area contributed by atoms with Gasteiger partial charge < -0.3 is 4.42 Å². The summed E-state index contributed by atoms with van der Waals surface area (Å²) in [4.78, 5) is 8.58. The molecule has 3 aromatic rings. The zero-order chi connectivity index (χ0) is 12.0. The molecule has 0 saturated heterocycles. The second kappa shape index (κ2) is 3.29. The van der Waals surface area contributed by atoms with Gasteiger partial charge in [0, 0.05) is 17.8 Å². The van der Waals surface area contributed by atoms with Gasteiger partial charge in [-0.1, -0.05) is 20.8 Å². The van der Waals surface area contributed by atoms with Crippen molar-refractivity contribution in [2.75, 3.05) is 0 Å². The van der Waals surface area contributed by atoms with Gasteiger partial charge in [-0.25, -0.2) is 9.97 Å². The van der Waals surface area contributed by atoms with Crippen molar-refractivity contribution in [2.24, 2.45) is 0 Å². The van der Waals surface area contributed by atoms with Crippen LogP contribution in [0.15, 0.2) is 35.0 Å². The summed E-state index contributed by atoms with van der Waals surface area (Å²) in [6, 6.07) is 6.08. The predicted octanol–water partition coefficient (Wildman–Crippen LogP) is 3.67. The minimum absolute atomic E-state index is 0.0903. The molecule has 3 aromatic heterocycles. The first-order chi connectivity index (χ1) is 8.05. The average Bonchev–Trinajstić information content (AvgIpc) is 2.65. The fourth-order valence-electron chi connectivity index (χ4n) is 1.91. The quantitative estimate of drug-likeness (QED) is 0.587. The van der Waals surface area contributed by atoms with Gasteiger partial charge >= 0.3 is 0 Å². The van der Waals surface area contributed by atoms with Gasteiger partial charge in [0.25, 0.3) is 0 Å². The molecule has 86 valence electrons. The molecule has 0 amide bonds. The van der Waals surface area contributed by atoms with E-state index in [9.17, 15) is 0 Å². The lowest BCUT2D eigenvalue weighted by molar-refractivity contribution is 0.586. The highest BCUT2D eigenvalue weighted by Gasteiger charge is 2.17. The molecule has 0 aromatic carbocycles. The molecule has 0 fully saturated rings. The summed E-state index contributed by atoms with van der Waals surface area (Å²) in [6.07, 6.45) is 3.61. The third-order valence-electron chi connectivity index (χ3n) is 2.97. The molecule has 0 atom stereocenters. The lowest BCUT2D eigenvalue weighted by atomic mass is 9.88. The van der Waals surface area contributed by atoms with Crippen molar-refractivity contribution in [1.82, 2.24) is 9.97 Å². The Balaban J connectivity index is 2.38. The Morgan fingerprint density at radius 1 is 1.06 bits per heavy atom. The molecule has 0 N–H and O–H groups in total. The molecule has 3 rings (SSSR count). The number of hydrogen-bond donors (Lipinski definition) is 0. The van der Waals surface area contributed by atoms with Gasteiger partial charge in [0.15, 0.2) is 0 Å². The standard InChI is InChI=1S/C14H14N2O/c1-14(2,3)9-7-11-10-5-4-6-15-12(10)17-13(11)16-8-9/h4-8H,1-3H3. The van der Waals surface area contributed by atoms with E-state index < -0.39 is 0 Å². The molecule has 0 aliphatic heterocycles. The molecule has 0 aliphatic carbocycles. The number of hydrogen-bond acceptors (Lipinski definition) is 3. The molecular formula is C14H14N2O. The molecular weight excluding hydrogens is 212 g/mol. The van der Waals surface area contributed by atoms with Crippen molar-refractivity contribution in [2.45, 2.75) is 26.2 Å². The highest BCUT2D eigenvalue weighted by molar-refractivity contribution is 6.02. The fraction of sp³-hybridized carbons (Fsp3) is 0.286. The topological polar surface area (TPSA) is 38.9 Å². The smallest absolute Gasteiger partial charge is 0.229 e. The van der Waals surface area contributed by atoms with Crippen LogP contribution in [-0.4, -0.2) is 9.97 Å². The van der Waals surface area contributed by atoms with Crippen LogP contribution < -0.4 is 0 Å². The van der Waals surface area contributed by atoms with E-state index in [1.165, 1.54) is 5.56 Å². The van der Waals surface area contributed by atoms with Crippen LogP contribution in [0.3, 0.4) is 0 Å².